The minimum Gasteiger partial charge on any atom is -0.481 e. The monoisotopic (exact) mass is 410 g/mol. The molecule has 0 fully saturated rings. The summed E-state index contributed by atoms with van der Waals surface area (Å²) < 4.78 is 1.19. The van der Waals surface area contributed by atoms with E-state index in [1.54, 1.807) is 16.7 Å². The highest BCUT2D eigenvalue weighted by molar-refractivity contribution is 7.22. The average molecular weight is 411 g/mol. The number of nitrogens with zero attached hydrogens (tertiary/aromatic N) is 2. The van der Waals surface area contributed by atoms with Gasteiger partial charge in [-0.15, -0.1) is 11.3 Å². The number of carbonyl (C=O) groups is 1. The molecule has 0 bridgehead atoms. The Labute approximate surface area is 169 Å². The smallest absolute Gasteiger partial charge is 0.309 e. The lowest BCUT2D eigenvalue weighted by molar-refractivity contribution is -0.136. The van der Waals surface area contributed by atoms with E-state index in [-0.39, 0.29) is 6.42 Å². The number of hydrogen-bond donors (Lipinski definition) is 3. The third-order valence-corrected chi connectivity index (χ3v) is 5.87. The highest BCUT2D eigenvalue weighted by atomic mass is 32.1. The van der Waals surface area contributed by atoms with Gasteiger partial charge in [-0.3, -0.25) is 4.79 Å². The molecule has 3 N–H and O–H groups in total. The van der Waals surface area contributed by atoms with Gasteiger partial charge in [0.05, 0.1) is 22.3 Å². The molecule has 4 rings (SSSR count). The highest BCUT2D eigenvalue weighted by Crippen LogP contribution is 2.25. The van der Waals surface area contributed by atoms with E-state index in [2.05, 4.69) is 38.8 Å². The molecule has 8 heteroatoms. The summed E-state index contributed by atoms with van der Waals surface area (Å²) in [5.41, 5.74) is 3.75. The van der Waals surface area contributed by atoms with E-state index >= 15 is 0 Å². The average Bonchev–Trinajstić information content (AvgIpc) is 3.29. The van der Waals surface area contributed by atoms with Crippen LogP contribution in [0.25, 0.3) is 10.2 Å². The molecule has 0 aliphatic rings. The van der Waals surface area contributed by atoms with Crippen LogP contribution in [0.1, 0.15) is 11.3 Å². The Hall–Kier alpha value is -2.97. The van der Waals surface area contributed by atoms with Crippen LogP contribution in [0.5, 0.6) is 0 Å². The van der Waals surface area contributed by atoms with Gasteiger partial charge in [-0.05, 0) is 36.2 Å². The van der Waals surface area contributed by atoms with E-state index in [4.69, 9.17) is 5.11 Å². The molecule has 0 unspecified atom stereocenters. The van der Waals surface area contributed by atoms with E-state index in [1.807, 2.05) is 30.3 Å². The topological polar surface area (TPSA) is 87.1 Å². The first kappa shape index (κ1) is 18.4. The van der Waals surface area contributed by atoms with Gasteiger partial charge >= 0.3 is 5.97 Å². The molecule has 0 amide bonds. The summed E-state index contributed by atoms with van der Waals surface area (Å²) in [6.45, 7) is 0.817. The molecule has 2 aromatic heterocycles. The van der Waals surface area contributed by atoms with Gasteiger partial charge in [0.15, 0.2) is 10.3 Å². The Morgan fingerprint density at radius 3 is 2.64 bits per heavy atom. The van der Waals surface area contributed by atoms with Crippen LogP contribution in [0.2, 0.25) is 0 Å². The van der Waals surface area contributed by atoms with Crippen molar-refractivity contribution in [2.75, 3.05) is 17.2 Å². The van der Waals surface area contributed by atoms with Crippen molar-refractivity contribution >= 4 is 54.8 Å². The minimum atomic E-state index is -0.874. The zero-order valence-electron chi connectivity index (χ0n) is 14.9. The SMILES string of the molecule is O=C(O)Cc1csc(Nc2ccc(CCNc3nc4ccccc4s3)cc2)n1. The van der Waals surface area contributed by atoms with Crippen molar-refractivity contribution < 1.29 is 9.90 Å². The molecule has 0 saturated carbocycles. The fraction of sp³-hybridized carbons (Fsp3) is 0.150. The summed E-state index contributed by atoms with van der Waals surface area (Å²) in [6.07, 6.45) is 0.842. The summed E-state index contributed by atoms with van der Waals surface area (Å²) in [7, 11) is 0. The molecule has 0 atom stereocenters. The number of thiazole rings is 2. The molecule has 4 aromatic rings. The summed E-state index contributed by atoms with van der Waals surface area (Å²) >= 11 is 3.07. The zero-order valence-corrected chi connectivity index (χ0v) is 16.5. The molecule has 0 aliphatic carbocycles. The van der Waals surface area contributed by atoms with Crippen LogP contribution in [0.4, 0.5) is 16.0 Å². The van der Waals surface area contributed by atoms with Gasteiger partial charge in [0.1, 0.15) is 0 Å². The van der Waals surface area contributed by atoms with Gasteiger partial charge in [0.2, 0.25) is 0 Å². The zero-order chi connectivity index (χ0) is 19.3. The molecule has 0 saturated heterocycles. The maximum absolute atomic E-state index is 10.7. The first-order chi connectivity index (χ1) is 13.7. The number of benzene rings is 2. The predicted octanol–water partition coefficient (Wildman–Crippen LogP) is 4.78. The number of rotatable bonds is 8. The van der Waals surface area contributed by atoms with Gasteiger partial charge in [-0.1, -0.05) is 35.6 Å². The van der Waals surface area contributed by atoms with Gasteiger partial charge in [-0.2, -0.15) is 0 Å². The first-order valence-corrected chi connectivity index (χ1v) is 10.5. The van der Waals surface area contributed by atoms with Crippen LogP contribution in [-0.2, 0) is 17.6 Å². The van der Waals surface area contributed by atoms with Crippen LogP contribution >= 0.6 is 22.7 Å². The fourth-order valence-corrected chi connectivity index (χ4v) is 4.36. The number of nitrogens with one attached hydrogen (secondary N) is 2. The van der Waals surface area contributed by atoms with E-state index in [0.717, 1.165) is 29.3 Å². The van der Waals surface area contributed by atoms with E-state index < -0.39 is 5.97 Å². The van der Waals surface area contributed by atoms with Crippen molar-refractivity contribution in [2.45, 2.75) is 12.8 Å². The number of carboxylic acid groups (broad SMARTS) is 1. The number of para-hydroxylation sites is 1. The number of anilines is 3. The minimum absolute atomic E-state index is 0.0568. The molecular weight excluding hydrogens is 392 g/mol. The number of aliphatic carboxylic acids is 1. The number of aromatic nitrogens is 2. The van der Waals surface area contributed by atoms with Crippen LogP contribution in [0, 0.1) is 0 Å². The summed E-state index contributed by atoms with van der Waals surface area (Å²) in [6, 6.07) is 16.3. The molecular formula is C20H18N4O2S2. The van der Waals surface area contributed by atoms with Crippen LogP contribution in [-0.4, -0.2) is 27.6 Å². The predicted molar refractivity (Wildman–Crippen MR) is 115 cm³/mol. The Bertz CT molecular complexity index is 1060. The van der Waals surface area contributed by atoms with Crippen molar-refractivity contribution in [1.29, 1.82) is 0 Å². The Kier molecular flexibility index (Phi) is 5.50. The molecule has 2 aromatic carbocycles. The fourth-order valence-electron chi connectivity index (χ4n) is 2.74. The van der Waals surface area contributed by atoms with Gasteiger partial charge in [0.25, 0.3) is 0 Å². The van der Waals surface area contributed by atoms with Gasteiger partial charge in [-0.25, -0.2) is 9.97 Å². The van der Waals surface area contributed by atoms with Crippen LogP contribution < -0.4 is 10.6 Å². The Morgan fingerprint density at radius 1 is 1.04 bits per heavy atom. The lowest BCUT2D eigenvalue weighted by Gasteiger charge is -2.06. The lowest BCUT2D eigenvalue weighted by atomic mass is 10.1. The van der Waals surface area contributed by atoms with E-state index in [0.29, 0.717) is 10.8 Å². The standard InChI is InChI=1S/C20H18N4O2S2/c25-18(26)11-15-12-27-20(23-15)22-14-7-5-13(6-8-14)9-10-21-19-24-16-3-1-2-4-17(16)28-19/h1-8,12H,9-11H2,(H,21,24)(H,22,23)(H,25,26). The van der Waals surface area contributed by atoms with Crippen molar-refractivity contribution in [3.05, 3.63) is 65.2 Å². The maximum Gasteiger partial charge on any atom is 0.309 e. The van der Waals surface area contributed by atoms with Crippen molar-refractivity contribution in [3.8, 4) is 0 Å². The summed E-state index contributed by atoms with van der Waals surface area (Å²) in [5, 5.41) is 18.8. The second kappa shape index (κ2) is 8.37. The quantitative estimate of drug-likeness (QED) is 0.388. The second-order valence-corrected chi connectivity index (χ2v) is 8.09. The Balaban J connectivity index is 1.29. The third kappa shape index (κ3) is 4.65. The third-order valence-electron chi connectivity index (χ3n) is 4.07. The highest BCUT2D eigenvalue weighted by Gasteiger charge is 2.06. The van der Waals surface area contributed by atoms with E-state index in [9.17, 15) is 4.79 Å². The van der Waals surface area contributed by atoms with Crippen molar-refractivity contribution in [2.24, 2.45) is 0 Å². The van der Waals surface area contributed by atoms with Gasteiger partial charge < -0.3 is 15.7 Å². The largest absolute Gasteiger partial charge is 0.481 e. The molecule has 28 heavy (non-hydrogen) atoms. The molecule has 0 radical (unpaired) electrons. The van der Waals surface area contributed by atoms with Crippen LogP contribution in [0.15, 0.2) is 53.9 Å². The summed E-state index contributed by atoms with van der Waals surface area (Å²) in [5.74, 6) is -0.874. The van der Waals surface area contributed by atoms with Gasteiger partial charge in [0, 0.05) is 17.6 Å². The number of carboxylic acids is 1. The molecule has 0 spiro atoms. The lowest BCUT2D eigenvalue weighted by Crippen LogP contribution is -2.04. The molecule has 2 heterocycles. The molecule has 6 nitrogen and oxygen atoms in total. The summed E-state index contributed by atoms with van der Waals surface area (Å²) in [4.78, 5) is 19.6. The van der Waals surface area contributed by atoms with Crippen molar-refractivity contribution in [1.82, 2.24) is 9.97 Å². The van der Waals surface area contributed by atoms with Crippen LogP contribution in [0.3, 0.4) is 0 Å². The number of hydrogen-bond acceptors (Lipinski definition) is 7. The number of fused-ring (bicyclic) bond motifs is 1. The van der Waals surface area contributed by atoms with E-state index in [1.165, 1.54) is 21.6 Å². The maximum atomic E-state index is 10.7. The molecule has 142 valence electrons. The van der Waals surface area contributed by atoms with Crippen molar-refractivity contribution in [3.63, 3.8) is 0 Å². The first-order valence-electron chi connectivity index (χ1n) is 8.77. The second-order valence-electron chi connectivity index (χ2n) is 6.20. The normalized spacial score (nSPS) is 10.9. The Morgan fingerprint density at radius 2 is 1.86 bits per heavy atom. The molecule has 0 aliphatic heterocycles.